The van der Waals surface area contributed by atoms with Gasteiger partial charge in [0, 0.05) is 23.5 Å². The van der Waals surface area contributed by atoms with Gasteiger partial charge in [-0.3, -0.25) is 9.20 Å². The molecule has 0 radical (unpaired) electrons. The third-order valence-corrected chi connectivity index (χ3v) is 7.64. The number of benzene rings is 1. The number of ether oxygens (including phenoxy) is 1. The number of hydrogen-bond acceptors (Lipinski definition) is 8. The average molecular weight is 451 g/mol. The summed E-state index contributed by atoms with van der Waals surface area (Å²) in [4.78, 5) is 21.0. The van der Waals surface area contributed by atoms with E-state index >= 15 is 0 Å². The number of rotatable bonds is 5. The van der Waals surface area contributed by atoms with Crippen LogP contribution in [0.1, 0.15) is 51.4 Å². The average Bonchev–Trinajstić information content (AvgIpc) is 3.23. The molecule has 32 heavy (non-hydrogen) atoms. The highest BCUT2D eigenvalue weighted by Crippen LogP contribution is 2.50. The van der Waals surface area contributed by atoms with E-state index in [9.17, 15) is 9.90 Å². The number of nitrogens with zero attached hydrogens (tertiary/aromatic N) is 6. The van der Waals surface area contributed by atoms with Crippen molar-refractivity contribution < 1.29 is 14.6 Å². The summed E-state index contributed by atoms with van der Waals surface area (Å²) in [5.74, 6) is 0.440. The Hall–Kier alpha value is -2.95. The molecule has 9 nitrogen and oxygen atoms in total. The van der Waals surface area contributed by atoms with Crippen molar-refractivity contribution >= 4 is 28.3 Å². The van der Waals surface area contributed by atoms with E-state index in [1.165, 1.54) is 4.88 Å². The number of amides is 1. The molecule has 6 rings (SSSR count). The smallest absolute Gasteiger partial charge is 0.254 e. The molecule has 1 saturated heterocycles. The molecule has 164 valence electrons. The van der Waals surface area contributed by atoms with Crippen LogP contribution in [0.4, 0.5) is 0 Å². The lowest BCUT2D eigenvalue weighted by Gasteiger charge is -2.29. The van der Waals surface area contributed by atoms with E-state index < -0.39 is 11.6 Å². The van der Waals surface area contributed by atoms with Gasteiger partial charge in [-0.25, -0.2) is 4.98 Å². The number of morpholine rings is 1. The van der Waals surface area contributed by atoms with Crippen LogP contribution in [-0.4, -0.2) is 57.8 Å². The number of thiazole rings is 1. The first-order valence-electron chi connectivity index (χ1n) is 10.7. The maximum absolute atomic E-state index is 12.8. The van der Waals surface area contributed by atoms with Gasteiger partial charge in [-0.1, -0.05) is 12.1 Å². The van der Waals surface area contributed by atoms with Crippen LogP contribution in [-0.2, 0) is 10.3 Å². The van der Waals surface area contributed by atoms with Crippen LogP contribution in [0, 0.1) is 0 Å². The molecular weight excluding hydrogens is 428 g/mol. The summed E-state index contributed by atoms with van der Waals surface area (Å²) >= 11 is 1.67. The van der Waals surface area contributed by atoms with Crippen LogP contribution in [0.2, 0.25) is 0 Å². The summed E-state index contributed by atoms with van der Waals surface area (Å²) in [6.45, 7) is 2.30. The van der Waals surface area contributed by atoms with Crippen molar-refractivity contribution in [1.29, 1.82) is 0 Å². The molecule has 10 heteroatoms. The molecule has 3 aliphatic rings. The second-order valence-electron chi connectivity index (χ2n) is 8.37. The molecule has 1 N–H and O–H groups in total. The van der Waals surface area contributed by atoms with Crippen LogP contribution in [0.25, 0.3) is 4.83 Å². The topological polar surface area (TPSA) is 104 Å². The Morgan fingerprint density at radius 1 is 1.22 bits per heavy atom. The SMILES string of the molecule is O=C(c1ccc(C2(C(O)c3c(C4CC4)sc4cncn34)C=NN=N2)cc1)N1CCOCC1. The molecule has 4 heterocycles. The van der Waals surface area contributed by atoms with Crippen molar-refractivity contribution in [2.24, 2.45) is 15.4 Å². The van der Waals surface area contributed by atoms with Gasteiger partial charge in [-0.15, -0.1) is 21.6 Å². The van der Waals surface area contributed by atoms with Gasteiger partial charge in [-0.05, 0) is 41.7 Å². The molecule has 0 bridgehead atoms. The van der Waals surface area contributed by atoms with Gasteiger partial charge in [0.1, 0.15) is 17.3 Å². The first kappa shape index (κ1) is 19.7. The zero-order valence-electron chi connectivity index (χ0n) is 17.3. The monoisotopic (exact) mass is 450 g/mol. The molecule has 3 aromatic rings. The Kier molecular flexibility index (Phi) is 4.67. The molecule has 2 unspecified atom stereocenters. The molecule has 2 fully saturated rings. The Morgan fingerprint density at radius 2 is 2.00 bits per heavy atom. The lowest BCUT2D eigenvalue weighted by atomic mass is 9.83. The fourth-order valence-corrected chi connectivity index (χ4v) is 5.72. The Balaban J connectivity index is 1.36. The summed E-state index contributed by atoms with van der Waals surface area (Å²) in [6, 6.07) is 7.24. The van der Waals surface area contributed by atoms with Gasteiger partial charge in [-0.2, -0.15) is 0 Å². The lowest BCUT2D eigenvalue weighted by molar-refractivity contribution is 0.0303. The van der Waals surface area contributed by atoms with Crippen molar-refractivity contribution in [3.05, 3.63) is 58.5 Å². The van der Waals surface area contributed by atoms with E-state index in [1.807, 2.05) is 22.7 Å². The zero-order chi connectivity index (χ0) is 21.7. The van der Waals surface area contributed by atoms with E-state index in [1.54, 1.807) is 40.9 Å². The number of imidazole rings is 1. The van der Waals surface area contributed by atoms with Crippen molar-refractivity contribution in [2.75, 3.05) is 26.3 Å². The highest BCUT2D eigenvalue weighted by molar-refractivity contribution is 7.17. The fraction of sp³-hybridized carbons (Fsp3) is 0.409. The normalized spacial score (nSPS) is 23.8. The van der Waals surface area contributed by atoms with Crippen molar-refractivity contribution in [3.8, 4) is 0 Å². The summed E-state index contributed by atoms with van der Waals surface area (Å²) in [5.41, 5.74) is 0.974. The van der Waals surface area contributed by atoms with Crippen LogP contribution in [0.3, 0.4) is 0 Å². The quantitative estimate of drug-likeness (QED) is 0.645. The van der Waals surface area contributed by atoms with Gasteiger partial charge >= 0.3 is 0 Å². The number of carbonyl (C=O) groups excluding carboxylic acids is 1. The predicted molar refractivity (Wildman–Crippen MR) is 118 cm³/mol. The maximum Gasteiger partial charge on any atom is 0.254 e. The molecule has 2 aromatic heterocycles. The summed E-state index contributed by atoms with van der Waals surface area (Å²) in [6.07, 6.45) is 6.40. The van der Waals surface area contributed by atoms with Crippen molar-refractivity contribution in [1.82, 2.24) is 14.3 Å². The van der Waals surface area contributed by atoms with Crippen molar-refractivity contribution in [2.45, 2.75) is 30.4 Å². The summed E-state index contributed by atoms with van der Waals surface area (Å²) < 4.78 is 7.29. The third kappa shape index (κ3) is 3.09. The van der Waals surface area contributed by atoms with E-state index in [0.29, 0.717) is 37.8 Å². The molecule has 1 amide bonds. The number of aliphatic hydroxyl groups is 1. The lowest BCUT2D eigenvalue weighted by Crippen LogP contribution is -2.40. The van der Waals surface area contributed by atoms with Crippen LogP contribution >= 0.6 is 11.3 Å². The second-order valence-corrected chi connectivity index (χ2v) is 9.43. The molecule has 0 spiro atoms. The van der Waals surface area contributed by atoms with Gasteiger partial charge in [0.2, 0.25) is 0 Å². The summed E-state index contributed by atoms with van der Waals surface area (Å²) in [7, 11) is 0. The third-order valence-electron chi connectivity index (χ3n) is 6.36. The zero-order valence-corrected chi connectivity index (χ0v) is 18.1. The molecule has 2 atom stereocenters. The number of aromatic nitrogens is 2. The second kappa shape index (κ2) is 7.58. The minimum absolute atomic E-state index is 0.0230. The molecule has 1 aromatic carbocycles. The Bertz CT molecular complexity index is 1210. The van der Waals surface area contributed by atoms with E-state index in [4.69, 9.17) is 4.74 Å². The van der Waals surface area contributed by atoms with E-state index in [-0.39, 0.29) is 5.91 Å². The highest BCUT2D eigenvalue weighted by Gasteiger charge is 2.46. The van der Waals surface area contributed by atoms with Crippen molar-refractivity contribution in [3.63, 3.8) is 0 Å². The number of fused-ring (bicyclic) bond motifs is 1. The number of carbonyl (C=O) groups is 1. The van der Waals surface area contributed by atoms with Gasteiger partial charge in [0.15, 0.2) is 5.54 Å². The predicted octanol–water partition coefficient (Wildman–Crippen LogP) is 3.13. The fourth-order valence-electron chi connectivity index (χ4n) is 4.42. The number of hydrogen-bond donors (Lipinski definition) is 1. The summed E-state index contributed by atoms with van der Waals surface area (Å²) in [5, 5.41) is 23.9. The first-order valence-corrected chi connectivity index (χ1v) is 11.6. The van der Waals surface area contributed by atoms with Crippen LogP contribution in [0.15, 0.2) is 52.2 Å². The van der Waals surface area contributed by atoms with Gasteiger partial charge < -0.3 is 14.7 Å². The standard InChI is InChI=1S/C22H22N6O3S/c29-20(18-19(14-1-2-14)32-17-11-23-13-28(17)18)22(12-24-26-25-22)16-5-3-15(4-6-16)21(30)27-7-9-31-10-8-27/h3-6,11-14,20,29H,1-2,7-10H2. The molecule has 1 aliphatic carbocycles. The van der Waals surface area contributed by atoms with Gasteiger partial charge in [0.05, 0.1) is 31.3 Å². The highest BCUT2D eigenvalue weighted by atomic mass is 32.1. The maximum atomic E-state index is 12.8. The largest absolute Gasteiger partial charge is 0.383 e. The Labute approximate surface area is 188 Å². The molecular formula is C22H22N6O3S. The Morgan fingerprint density at radius 3 is 2.69 bits per heavy atom. The molecule has 2 aliphatic heterocycles. The number of aliphatic hydroxyl groups excluding tert-OH is 1. The van der Waals surface area contributed by atoms with Gasteiger partial charge in [0.25, 0.3) is 5.91 Å². The first-order chi connectivity index (χ1) is 15.7. The molecule has 1 saturated carbocycles. The van der Waals surface area contributed by atoms with Crippen LogP contribution < -0.4 is 0 Å². The van der Waals surface area contributed by atoms with Crippen LogP contribution in [0.5, 0.6) is 0 Å². The minimum Gasteiger partial charge on any atom is -0.383 e. The minimum atomic E-state index is -1.15. The van der Waals surface area contributed by atoms with E-state index in [0.717, 1.165) is 28.9 Å². The van der Waals surface area contributed by atoms with E-state index in [2.05, 4.69) is 20.4 Å².